The van der Waals surface area contributed by atoms with E-state index in [1.54, 1.807) is 0 Å². The summed E-state index contributed by atoms with van der Waals surface area (Å²) in [6.07, 6.45) is 3.00. The summed E-state index contributed by atoms with van der Waals surface area (Å²) >= 11 is 0. The Morgan fingerprint density at radius 1 is 0.759 bits per heavy atom. The van der Waals surface area contributed by atoms with Crippen LogP contribution in [0.5, 0.6) is 0 Å². The second-order valence-corrected chi connectivity index (χ2v) is 7.57. The van der Waals surface area contributed by atoms with Gasteiger partial charge in [-0.3, -0.25) is 10.00 Å². The number of benzene rings is 3. The molecule has 0 aliphatic rings. The van der Waals surface area contributed by atoms with Crippen molar-refractivity contribution in [1.82, 2.24) is 15.1 Å². The van der Waals surface area contributed by atoms with E-state index in [-0.39, 0.29) is 0 Å². The molecule has 146 valence electrons. The summed E-state index contributed by atoms with van der Waals surface area (Å²) < 4.78 is 0. The Hall–Kier alpha value is -3.17. The summed E-state index contributed by atoms with van der Waals surface area (Å²) in [7, 11) is 0. The highest BCUT2D eigenvalue weighted by molar-refractivity contribution is 5.62. The summed E-state index contributed by atoms with van der Waals surface area (Å²) in [6.45, 7) is 4.90. The Labute approximate surface area is 173 Å². The fourth-order valence-electron chi connectivity index (χ4n) is 3.63. The van der Waals surface area contributed by atoms with E-state index in [2.05, 4.69) is 107 Å². The summed E-state index contributed by atoms with van der Waals surface area (Å²) in [5.41, 5.74) is 7.51. The molecule has 4 aromatic rings. The van der Waals surface area contributed by atoms with Crippen LogP contribution in [0.2, 0.25) is 0 Å². The molecule has 0 unspecified atom stereocenters. The van der Waals surface area contributed by atoms with Crippen LogP contribution in [0.25, 0.3) is 11.3 Å². The number of rotatable bonds is 8. The zero-order valence-corrected chi connectivity index (χ0v) is 16.9. The van der Waals surface area contributed by atoms with Crippen molar-refractivity contribution >= 4 is 0 Å². The van der Waals surface area contributed by atoms with Crippen LogP contribution >= 0.6 is 0 Å². The smallest absolute Gasteiger partial charge is 0.0695 e. The Balaban J connectivity index is 1.53. The van der Waals surface area contributed by atoms with Crippen LogP contribution in [0.4, 0.5) is 0 Å². The minimum Gasteiger partial charge on any atom is -0.294 e. The first-order valence-corrected chi connectivity index (χ1v) is 10.2. The van der Waals surface area contributed by atoms with E-state index < -0.39 is 0 Å². The zero-order chi connectivity index (χ0) is 19.9. The summed E-state index contributed by atoms with van der Waals surface area (Å²) in [5, 5.41) is 7.56. The highest BCUT2D eigenvalue weighted by Gasteiger charge is 2.13. The third-order valence-electron chi connectivity index (χ3n) is 5.26. The van der Waals surface area contributed by atoms with E-state index in [1.807, 2.05) is 6.20 Å². The van der Waals surface area contributed by atoms with Gasteiger partial charge < -0.3 is 0 Å². The van der Waals surface area contributed by atoms with E-state index in [9.17, 15) is 0 Å². The number of nitrogens with zero attached hydrogens (tertiary/aromatic N) is 2. The minimum absolute atomic E-state index is 0.863. The Morgan fingerprint density at radius 3 is 2.10 bits per heavy atom. The maximum atomic E-state index is 4.35. The van der Waals surface area contributed by atoms with E-state index in [4.69, 9.17) is 0 Å². The van der Waals surface area contributed by atoms with Gasteiger partial charge in [0.2, 0.25) is 0 Å². The number of aryl methyl sites for hydroxylation is 1. The fraction of sp³-hybridized carbons (Fsp3) is 0.192. The molecule has 0 fully saturated rings. The van der Waals surface area contributed by atoms with E-state index in [1.165, 1.54) is 27.8 Å². The van der Waals surface area contributed by atoms with Crippen molar-refractivity contribution in [2.45, 2.75) is 26.4 Å². The maximum Gasteiger partial charge on any atom is 0.0695 e. The lowest BCUT2D eigenvalue weighted by Crippen LogP contribution is -2.25. The van der Waals surface area contributed by atoms with Gasteiger partial charge in [-0.2, -0.15) is 5.10 Å². The molecule has 0 bridgehead atoms. The number of aromatic nitrogens is 2. The quantitative estimate of drug-likeness (QED) is 0.429. The number of hydrogen-bond donors (Lipinski definition) is 1. The van der Waals surface area contributed by atoms with Crippen LogP contribution in [-0.4, -0.2) is 21.6 Å². The van der Waals surface area contributed by atoms with Crippen LogP contribution < -0.4 is 0 Å². The van der Waals surface area contributed by atoms with Gasteiger partial charge in [-0.25, -0.2) is 0 Å². The second kappa shape index (κ2) is 9.35. The highest BCUT2D eigenvalue weighted by Crippen LogP contribution is 2.23. The molecule has 3 aromatic carbocycles. The second-order valence-electron chi connectivity index (χ2n) is 7.57. The topological polar surface area (TPSA) is 31.9 Å². The standard InChI is InChI=1S/C26H27N3/c1-21-12-14-24(15-13-21)26-25(18-27-28-26)20-29(19-23-10-6-3-7-11-23)17-16-22-8-4-2-5-9-22/h2-15,18H,16-17,19-20H2,1H3,(H,27,28). The van der Waals surface area contributed by atoms with Crippen molar-refractivity contribution < 1.29 is 0 Å². The SMILES string of the molecule is Cc1ccc(-c2[nH]ncc2CN(CCc2ccccc2)Cc2ccccc2)cc1. The monoisotopic (exact) mass is 381 g/mol. The third-order valence-corrected chi connectivity index (χ3v) is 5.26. The molecule has 0 saturated heterocycles. The van der Waals surface area contributed by atoms with Crippen molar-refractivity contribution in [3.63, 3.8) is 0 Å². The zero-order valence-electron chi connectivity index (χ0n) is 16.9. The van der Waals surface area contributed by atoms with Gasteiger partial charge in [0.15, 0.2) is 0 Å². The minimum atomic E-state index is 0.863. The first-order valence-electron chi connectivity index (χ1n) is 10.2. The van der Waals surface area contributed by atoms with E-state index in [0.29, 0.717) is 0 Å². The van der Waals surface area contributed by atoms with Crippen LogP contribution in [0.3, 0.4) is 0 Å². The van der Waals surface area contributed by atoms with Gasteiger partial charge in [0.05, 0.1) is 11.9 Å². The molecule has 4 rings (SSSR count). The molecule has 0 atom stereocenters. The number of nitrogens with one attached hydrogen (secondary N) is 1. The lowest BCUT2D eigenvalue weighted by molar-refractivity contribution is 0.260. The molecule has 3 nitrogen and oxygen atoms in total. The molecular weight excluding hydrogens is 354 g/mol. The number of aromatic amines is 1. The van der Waals surface area contributed by atoms with Crippen LogP contribution in [0.15, 0.2) is 91.1 Å². The third kappa shape index (κ3) is 5.21. The van der Waals surface area contributed by atoms with E-state index in [0.717, 1.165) is 31.7 Å². The Kier molecular flexibility index (Phi) is 6.18. The van der Waals surface area contributed by atoms with Gasteiger partial charge in [-0.05, 0) is 30.0 Å². The summed E-state index contributed by atoms with van der Waals surface area (Å²) in [4.78, 5) is 2.50. The summed E-state index contributed by atoms with van der Waals surface area (Å²) in [6, 6.07) is 30.0. The average molecular weight is 382 g/mol. The van der Waals surface area contributed by atoms with Gasteiger partial charge in [0, 0.05) is 25.2 Å². The molecule has 1 N–H and O–H groups in total. The van der Waals surface area contributed by atoms with Crippen molar-refractivity contribution in [1.29, 1.82) is 0 Å². The predicted octanol–water partition coefficient (Wildman–Crippen LogP) is 5.63. The van der Waals surface area contributed by atoms with Crippen molar-refractivity contribution in [3.05, 3.63) is 113 Å². The van der Waals surface area contributed by atoms with Crippen molar-refractivity contribution in [3.8, 4) is 11.3 Å². The lowest BCUT2D eigenvalue weighted by Gasteiger charge is -2.23. The van der Waals surface area contributed by atoms with Gasteiger partial charge in [-0.15, -0.1) is 0 Å². The van der Waals surface area contributed by atoms with Crippen molar-refractivity contribution in [2.75, 3.05) is 6.54 Å². The van der Waals surface area contributed by atoms with Gasteiger partial charge in [0.1, 0.15) is 0 Å². The molecule has 29 heavy (non-hydrogen) atoms. The number of H-pyrrole nitrogens is 1. The molecule has 3 heteroatoms. The number of hydrogen-bond acceptors (Lipinski definition) is 2. The molecule has 1 heterocycles. The molecule has 0 saturated carbocycles. The molecule has 0 radical (unpaired) electrons. The normalized spacial score (nSPS) is 11.1. The summed E-state index contributed by atoms with van der Waals surface area (Å²) in [5.74, 6) is 0. The highest BCUT2D eigenvalue weighted by atomic mass is 15.1. The van der Waals surface area contributed by atoms with Crippen LogP contribution in [0.1, 0.15) is 22.3 Å². The average Bonchev–Trinajstić information content (AvgIpc) is 3.22. The van der Waals surface area contributed by atoms with Gasteiger partial charge >= 0.3 is 0 Å². The predicted molar refractivity (Wildman–Crippen MR) is 119 cm³/mol. The van der Waals surface area contributed by atoms with E-state index >= 15 is 0 Å². The maximum absolute atomic E-state index is 4.35. The fourth-order valence-corrected chi connectivity index (χ4v) is 3.63. The van der Waals surface area contributed by atoms with Crippen molar-refractivity contribution in [2.24, 2.45) is 0 Å². The molecule has 0 aliphatic heterocycles. The molecule has 0 aliphatic carbocycles. The Bertz CT molecular complexity index is 1000. The van der Waals surface area contributed by atoms with Crippen LogP contribution in [-0.2, 0) is 19.5 Å². The van der Waals surface area contributed by atoms with Crippen LogP contribution in [0, 0.1) is 6.92 Å². The molecule has 0 spiro atoms. The Morgan fingerprint density at radius 2 is 1.41 bits per heavy atom. The van der Waals surface area contributed by atoms with Gasteiger partial charge in [0.25, 0.3) is 0 Å². The first-order chi connectivity index (χ1) is 14.3. The lowest BCUT2D eigenvalue weighted by atomic mass is 10.1. The molecule has 0 amide bonds. The van der Waals surface area contributed by atoms with Gasteiger partial charge in [-0.1, -0.05) is 90.5 Å². The largest absolute Gasteiger partial charge is 0.294 e. The molecule has 1 aromatic heterocycles. The molecular formula is C26H27N3. The first kappa shape index (κ1) is 19.2.